The van der Waals surface area contributed by atoms with Crippen LogP contribution in [0.3, 0.4) is 0 Å². The van der Waals surface area contributed by atoms with Crippen LogP contribution >= 0.6 is 0 Å². The molecular formula is C34H40N2O3. The number of rotatable bonds is 6. The first-order valence-corrected chi connectivity index (χ1v) is 13.7. The number of nitrogens with zero attached hydrogens (tertiary/aromatic N) is 2. The third kappa shape index (κ3) is 5.23. The Morgan fingerprint density at radius 2 is 1.49 bits per heavy atom. The summed E-state index contributed by atoms with van der Waals surface area (Å²) in [6.45, 7) is 18.1. The van der Waals surface area contributed by atoms with Crippen LogP contribution in [0, 0.1) is 20.8 Å². The van der Waals surface area contributed by atoms with Crippen molar-refractivity contribution >= 4 is 28.8 Å². The molecule has 1 amide bonds. The molecule has 1 N–H and O–H groups in total. The van der Waals surface area contributed by atoms with Crippen molar-refractivity contribution in [2.45, 2.75) is 66.8 Å². The van der Waals surface area contributed by atoms with Crippen molar-refractivity contribution in [3.05, 3.63) is 99.6 Å². The Morgan fingerprint density at radius 1 is 0.872 bits per heavy atom. The van der Waals surface area contributed by atoms with Gasteiger partial charge < -0.3 is 10.0 Å². The Hall–Kier alpha value is -3.86. The van der Waals surface area contributed by atoms with Gasteiger partial charge in [-0.1, -0.05) is 57.2 Å². The summed E-state index contributed by atoms with van der Waals surface area (Å²) in [6.07, 6.45) is 0. The summed E-state index contributed by atoms with van der Waals surface area (Å²) >= 11 is 0. The maximum atomic E-state index is 13.7. The van der Waals surface area contributed by atoms with Crippen molar-refractivity contribution in [1.82, 2.24) is 0 Å². The monoisotopic (exact) mass is 524 g/mol. The zero-order valence-corrected chi connectivity index (χ0v) is 24.4. The van der Waals surface area contributed by atoms with Gasteiger partial charge in [0.15, 0.2) is 0 Å². The van der Waals surface area contributed by atoms with E-state index in [1.54, 1.807) is 4.90 Å². The summed E-state index contributed by atoms with van der Waals surface area (Å²) in [5.74, 6) is -1.44. The van der Waals surface area contributed by atoms with Crippen molar-refractivity contribution in [2.75, 3.05) is 22.9 Å². The average molecular weight is 525 g/mol. The van der Waals surface area contributed by atoms with E-state index in [1.807, 2.05) is 81.4 Å². The highest BCUT2D eigenvalue weighted by Gasteiger charge is 2.47. The van der Waals surface area contributed by atoms with E-state index in [1.165, 1.54) is 0 Å². The quantitative estimate of drug-likeness (QED) is 0.208. The first kappa shape index (κ1) is 28.2. The van der Waals surface area contributed by atoms with Crippen LogP contribution in [0.4, 0.5) is 11.4 Å². The van der Waals surface area contributed by atoms with Gasteiger partial charge in [0.2, 0.25) is 0 Å². The Balaban J connectivity index is 1.98. The fourth-order valence-electron chi connectivity index (χ4n) is 5.32. The van der Waals surface area contributed by atoms with Crippen molar-refractivity contribution in [3.63, 3.8) is 0 Å². The summed E-state index contributed by atoms with van der Waals surface area (Å²) in [5.41, 5.74) is 6.82. The maximum Gasteiger partial charge on any atom is 0.300 e. The molecule has 1 unspecified atom stereocenters. The highest BCUT2D eigenvalue weighted by Crippen LogP contribution is 2.44. The Morgan fingerprint density at radius 3 is 2.08 bits per heavy atom. The zero-order chi connectivity index (χ0) is 28.6. The molecule has 0 bridgehead atoms. The van der Waals surface area contributed by atoms with Crippen LogP contribution in [0.15, 0.2) is 66.2 Å². The van der Waals surface area contributed by atoms with Crippen LogP contribution in [0.2, 0.25) is 0 Å². The Labute approximate surface area is 232 Å². The lowest BCUT2D eigenvalue weighted by Gasteiger charge is -2.28. The van der Waals surface area contributed by atoms with E-state index in [2.05, 4.69) is 39.5 Å². The highest BCUT2D eigenvalue weighted by atomic mass is 16.3. The molecular weight excluding hydrogens is 484 g/mol. The van der Waals surface area contributed by atoms with Gasteiger partial charge in [-0.3, -0.25) is 14.5 Å². The summed E-state index contributed by atoms with van der Waals surface area (Å²) in [7, 11) is 0. The zero-order valence-electron chi connectivity index (χ0n) is 24.4. The van der Waals surface area contributed by atoms with Crippen LogP contribution in [0.5, 0.6) is 0 Å². The van der Waals surface area contributed by atoms with Crippen LogP contribution < -0.4 is 9.80 Å². The van der Waals surface area contributed by atoms with Gasteiger partial charge in [0.05, 0.1) is 11.6 Å². The van der Waals surface area contributed by atoms with Gasteiger partial charge in [-0.15, -0.1) is 0 Å². The molecule has 0 saturated carbocycles. The van der Waals surface area contributed by atoms with E-state index >= 15 is 0 Å². The van der Waals surface area contributed by atoms with E-state index in [0.717, 1.165) is 46.6 Å². The standard InChI is InChI=1S/C34H40N2O3/c1-9-35(10-2)26-17-14-24(15-18-26)30-29(31(37)27-20-25(34(6,7)8)16-13-22(27)4)32(38)33(39)36(30)28-19-21(3)11-12-23(28)5/h11-20,30,37H,9-10H2,1-8H3/b31-29+. The number of amides is 1. The summed E-state index contributed by atoms with van der Waals surface area (Å²) in [6, 6.07) is 19.1. The maximum absolute atomic E-state index is 13.7. The van der Waals surface area contributed by atoms with Gasteiger partial charge in [-0.2, -0.15) is 0 Å². The average Bonchev–Trinajstić information content (AvgIpc) is 3.16. The lowest BCUT2D eigenvalue weighted by Crippen LogP contribution is -2.30. The fraction of sp³-hybridized carbons (Fsp3) is 0.353. The predicted molar refractivity (Wildman–Crippen MR) is 161 cm³/mol. The molecule has 1 aliphatic rings. The number of ketones is 1. The summed E-state index contributed by atoms with van der Waals surface area (Å²) in [4.78, 5) is 31.2. The van der Waals surface area contributed by atoms with Gasteiger partial charge in [0.1, 0.15) is 5.76 Å². The van der Waals surface area contributed by atoms with Gasteiger partial charge in [0, 0.05) is 30.0 Å². The fourth-order valence-corrected chi connectivity index (χ4v) is 5.32. The third-order valence-corrected chi connectivity index (χ3v) is 7.76. The second-order valence-corrected chi connectivity index (χ2v) is 11.5. The number of aliphatic hydroxyl groups is 1. The van der Waals surface area contributed by atoms with Crippen LogP contribution in [0.25, 0.3) is 5.76 Å². The van der Waals surface area contributed by atoms with Crippen LogP contribution in [-0.4, -0.2) is 29.9 Å². The predicted octanol–water partition coefficient (Wildman–Crippen LogP) is 7.38. The number of Topliss-reactive ketones (excluding diaryl/α,β-unsaturated/α-hetero) is 1. The number of benzene rings is 3. The molecule has 1 saturated heterocycles. The summed E-state index contributed by atoms with van der Waals surface area (Å²) in [5, 5.41) is 11.8. The van der Waals surface area contributed by atoms with Crippen LogP contribution in [0.1, 0.15) is 74.0 Å². The van der Waals surface area contributed by atoms with Crippen molar-refractivity contribution in [1.29, 1.82) is 0 Å². The number of anilines is 2. The molecule has 1 heterocycles. The molecule has 39 heavy (non-hydrogen) atoms. The van der Waals surface area contributed by atoms with Crippen molar-refractivity contribution in [2.24, 2.45) is 0 Å². The molecule has 1 atom stereocenters. The molecule has 0 radical (unpaired) electrons. The number of hydrogen-bond donors (Lipinski definition) is 1. The molecule has 3 aromatic rings. The lowest BCUT2D eigenvalue weighted by atomic mass is 9.84. The molecule has 5 heteroatoms. The SMILES string of the molecule is CCN(CC)c1ccc(C2/C(=C(\O)c3cc(C(C)(C)C)ccc3C)C(=O)C(=O)N2c2cc(C)ccc2C)cc1. The van der Waals surface area contributed by atoms with Crippen molar-refractivity contribution < 1.29 is 14.7 Å². The van der Waals surface area contributed by atoms with Crippen LogP contribution in [-0.2, 0) is 15.0 Å². The largest absolute Gasteiger partial charge is 0.507 e. The number of hydrogen-bond acceptors (Lipinski definition) is 4. The molecule has 3 aromatic carbocycles. The van der Waals surface area contributed by atoms with E-state index in [4.69, 9.17) is 0 Å². The normalized spacial score (nSPS) is 17.1. The molecule has 5 nitrogen and oxygen atoms in total. The number of aryl methyl sites for hydroxylation is 3. The van der Waals surface area contributed by atoms with E-state index in [0.29, 0.717) is 11.3 Å². The number of carbonyl (C=O) groups excluding carboxylic acids is 2. The molecule has 0 spiro atoms. The third-order valence-electron chi connectivity index (χ3n) is 7.76. The van der Waals surface area contributed by atoms with Gasteiger partial charge in [-0.25, -0.2) is 0 Å². The van der Waals surface area contributed by atoms with Gasteiger partial charge >= 0.3 is 0 Å². The molecule has 204 valence electrons. The molecule has 0 aromatic heterocycles. The van der Waals surface area contributed by atoms with E-state index in [-0.39, 0.29) is 16.7 Å². The molecule has 1 fully saturated rings. The van der Waals surface area contributed by atoms with Gasteiger partial charge in [-0.05, 0) is 92.1 Å². The van der Waals surface area contributed by atoms with Crippen molar-refractivity contribution in [3.8, 4) is 0 Å². The number of aliphatic hydroxyl groups excluding tert-OH is 1. The minimum Gasteiger partial charge on any atom is -0.507 e. The second-order valence-electron chi connectivity index (χ2n) is 11.5. The molecule has 4 rings (SSSR count). The lowest BCUT2D eigenvalue weighted by molar-refractivity contribution is -0.132. The minimum atomic E-state index is -0.756. The topological polar surface area (TPSA) is 60.9 Å². The molecule has 0 aliphatic carbocycles. The Kier molecular flexibility index (Phi) is 7.74. The second kappa shape index (κ2) is 10.7. The molecule has 1 aliphatic heterocycles. The first-order chi connectivity index (χ1) is 18.4. The highest BCUT2D eigenvalue weighted by molar-refractivity contribution is 6.51. The smallest absolute Gasteiger partial charge is 0.300 e. The number of carbonyl (C=O) groups is 2. The first-order valence-electron chi connectivity index (χ1n) is 13.7. The van der Waals surface area contributed by atoms with E-state index in [9.17, 15) is 14.7 Å². The Bertz CT molecular complexity index is 1440. The summed E-state index contributed by atoms with van der Waals surface area (Å²) < 4.78 is 0. The van der Waals surface area contributed by atoms with Gasteiger partial charge in [0.25, 0.3) is 11.7 Å². The minimum absolute atomic E-state index is 0.116. The van der Waals surface area contributed by atoms with E-state index < -0.39 is 17.7 Å².